The van der Waals surface area contributed by atoms with E-state index in [0.717, 1.165) is 26.4 Å². The van der Waals surface area contributed by atoms with Crippen LogP contribution in [0, 0.1) is 0 Å². The van der Waals surface area contributed by atoms with Crippen LogP contribution in [-0.2, 0) is 14.2 Å². The minimum absolute atomic E-state index is 0.552. The third kappa shape index (κ3) is 4.01. The molecule has 1 aliphatic rings. The molecule has 0 atom stereocenters. The Bertz CT molecular complexity index is 106. The van der Waals surface area contributed by atoms with Crippen molar-refractivity contribution in [2.45, 2.75) is 6.04 Å². The largest absolute Gasteiger partial charge is 0.382 e. The van der Waals surface area contributed by atoms with Crippen molar-refractivity contribution in [1.29, 1.82) is 0 Å². The fourth-order valence-electron chi connectivity index (χ4n) is 0.933. The Kier molecular flexibility index (Phi) is 5.27. The van der Waals surface area contributed by atoms with Crippen LogP contribution in [0.4, 0.5) is 0 Å². The number of nitrogens with one attached hydrogen (secondary N) is 1. The molecule has 0 bridgehead atoms. The standard InChI is InChI=1S/C8H17NO3/c1-10-4-5-11-3-2-9-8-6-12-7-8/h8-9H,2-7H2,1H3. The fraction of sp³-hybridized carbons (Fsp3) is 1.00. The van der Waals surface area contributed by atoms with Gasteiger partial charge >= 0.3 is 0 Å². The van der Waals surface area contributed by atoms with Crippen molar-refractivity contribution >= 4 is 0 Å². The summed E-state index contributed by atoms with van der Waals surface area (Å²) in [7, 11) is 1.67. The van der Waals surface area contributed by atoms with Gasteiger partial charge < -0.3 is 19.5 Å². The molecule has 1 heterocycles. The third-order valence-electron chi connectivity index (χ3n) is 1.75. The molecule has 0 aliphatic carbocycles. The molecule has 0 aromatic heterocycles. The summed E-state index contributed by atoms with van der Waals surface area (Å²) < 4.78 is 15.1. The van der Waals surface area contributed by atoms with E-state index in [-0.39, 0.29) is 0 Å². The molecule has 1 saturated heterocycles. The smallest absolute Gasteiger partial charge is 0.0700 e. The minimum Gasteiger partial charge on any atom is -0.382 e. The Morgan fingerprint density at radius 3 is 2.75 bits per heavy atom. The summed E-state index contributed by atoms with van der Waals surface area (Å²) in [6.45, 7) is 4.69. The van der Waals surface area contributed by atoms with Crippen LogP contribution in [0.3, 0.4) is 0 Å². The normalized spacial score (nSPS) is 17.8. The average Bonchev–Trinajstić information content (AvgIpc) is 2.00. The van der Waals surface area contributed by atoms with Gasteiger partial charge in [0, 0.05) is 13.7 Å². The molecule has 0 spiro atoms. The molecular weight excluding hydrogens is 158 g/mol. The van der Waals surface area contributed by atoms with Crippen LogP contribution in [0.1, 0.15) is 0 Å². The Hall–Kier alpha value is -0.160. The summed E-state index contributed by atoms with van der Waals surface area (Å²) in [5, 5.41) is 3.31. The van der Waals surface area contributed by atoms with Gasteiger partial charge in [0.2, 0.25) is 0 Å². The van der Waals surface area contributed by atoms with Gasteiger partial charge in [0.15, 0.2) is 0 Å². The molecule has 1 rings (SSSR count). The number of rotatable bonds is 7. The van der Waals surface area contributed by atoms with Gasteiger partial charge in [0.05, 0.1) is 39.1 Å². The first kappa shape index (κ1) is 9.92. The van der Waals surface area contributed by atoms with E-state index in [9.17, 15) is 0 Å². The molecule has 4 nitrogen and oxygen atoms in total. The first-order valence-corrected chi connectivity index (χ1v) is 4.31. The molecule has 0 amide bonds. The molecule has 1 fully saturated rings. The highest BCUT2D eigenvalue weighted by molar-refractivity contribution is 4.71. The topological polar surface area (TPSA) is 39.7 Å². The van der Waals surface area contributed by atoms with Gasteiger partial charge in [-0.15, -0.1) is 0 Å². The molecule has 1 aliphatic heterocycles. The van der Waals surface area contributed by atoms with Crippen LogP contribution in [0.15, 0.2) is 0 Å². The highest BCUT2D eigenvalue weighted by atomic mass is 16.5. The molecule has 72 valence electrons. The summed E-state index contributed by atoms with van der Waals surface area (Å²) in [5.41, 5.74) is 0. The highest BCUT2D eigenvalue weighted by Crippen LogP contribution is 1.97. The SMILES string of the molecule is COCCOCCNC1COC1. The lowest BCUT2D eigenvalue weighted by atomic mass is 10.2. The lowest BCUT2D eigenvalue weighted by Crippen LogP contribution is -2.47. The van der Waals surface area contributed by atoms with E-state index in [0.29, 0.717) is 19.3 Å². The van der Waals surface area contributed by atoms with Crippen LogP contribution in [0.25, 0.3) is 0 Å². The van der Waals surface area contributed by atoms with E-state index in [2.05, 4.69) is 5.32 Å². The first-order chi connectivity index (χ1) is 5.93. The number of methoxy groups -OCH3 is 1. The summed E-state index contributed by atoms with van der Waals surface area (Å²) >= 11 is 0. The van der Waals surface area contributed by atoms with E-state index in [1.165, 1.54) is 0 Å². The summed E-state index contributed by atoms with van der Waals surface area (Å²) in [5.74, 6) is 0. The minimum atomic E-state index is 0.552. The second-order valence-corrected chi connectivity index (χ2v) is 2.79. The molecule has 0 aromatic carbocycles. The maximum Gasteiger partial charge on any atom is 0.0700 e. The molecule has 0 saturated carbocycles. The molecule has 0 unspecified atom stereocenters. The van der Waals surface area contributed by atoms with Crippen molar-refractivity contribution in [3.63, 3.8) is 0 Å². The van der Waals surface area contributed by atoms with Crippen LogP contribution in [0.5, 0.6) is 0 Å². The third-order valence-corrected chi connectivity index (χ3v) is 1.75. The van der Waals surface area contributed by atoms with E-state index in [1.54, 1.807) is 7.11 Å². The van der Waals surface area contributed by atoms with Crippen molar-refractivity contribution in [2.75, 3.05) is 46.7 Å². The van der Waals surface area contributed by atoms with E-state index >= 15 is 0 Å². The van der Waals surface area contributed by atoms with Gasteiger partial charge in [-0.2, -0.15) is 0 Å². The zero-order valence-electron chi connectivity index (χ0n) is 7.54. The van der Waals surface area contributed by atoms with Gasteiger partial charge in [-0.3, -0.25) is 0 Å². The second-order valence-electron chi connectivity index (χ2n) is 2.79. The van der Waals surface area contributed by atoms with Crippen molar-refractivity contribution in [3.8, 4) is 0 Å². The molecular formula is C8H17NO3. The van der Waals surface area contributed by atoms with Gasteiger partial charge in [0.25, 0.3) is 0 Å². The monoisotopic (exact) mass is 175 g/mol. The van der Waals surface area contributed by atoms with Crippen molar-refractivity contribution in [3.05, 3.63) is 0 Å². The average molecular weight is 175 g/mol. The van der Waals surface area contributed by atoms with Gasteiger partial charge in [-0.05, 0) is 0 Å². The van der Waals surface area contributed by atoms with Gasteiger partial charge in [-0.1, -0.05) is 0 Å². The maximum atomic E-state index is 5.26. The molecule has 0 radical (unpaired) electrons. The lowest BCUT2D eigenvalue weighted by Gasteiger charge is -2.26. The Morgan fingerprint density at radius 2 is 2.17 bits per heavy atom. The van der Waals surface area contributed by atoms with Crippen LogP contribution in [-0.4, -0.2) is 52.7 Å². The summed E-state index contributed by atoms with van der Waals surface area (Å²) in [6.07, 6.45) is 0. The van der Waals surface area contributed by atoms with Crippen LogP contribution >= 0.6 is 0 Å². The number of ether oxygens (including phenoxy) is 3. The zero-order chi connectivity index (χ0) is 8.65. The lowest BCUT2D eigenvalue weighted by molar-refractivity contribution is -0.00930. The number of hydrogen-bond donors (Lipinski definition) is 1. The van der Waals surface area contributed by atoms with Gasteiger partial charge in [0.1, 0.15) is 0 Å². The summed E-state index contributed by atoms with van der Waals surface area (Å²) in [4.78, 5) is 0. The number of hydrogen-bond acceptors (Lipinski definition) is 4. The van der Waals surface area contributed by atoms with Gasteiger partial charge in [-0.25, -0.2) is 0 Å². The Labute approximate surface area is 73.2 Å². The van der Waals surface area contributed by atoms with Crippen molar-refractivity contribution in [1.82, 2.24) is 5.32 Å². The first-order valence-electron chi connectivity index (χ1n) is 4.31. The van der Waals surface area contributed by atoms with Crippen molar-refractivity contribution < 1.29 is 14.2 Å². The fourth-order valence-corrected chi connectivity index (χ4v) is 0.933. The zero-order valence-corrected chi connectivity index (χ0v) is 7.54. The summed E-state index contributed by atoms with van der Waals surface area (Å²) in [6, 6.07) is 0.552. The van der Waals surface area contributed by atoms with E-state index < -0.39 is 0 Å². The molecule has 4 heteroatoms. The molecule has 12 heavy (non-hydrogen) atoms. The van der Waals surface area contributed by atoms with Crippen LogP contribution < -0.4 is 5.32 Å². The highest BCUT2D eigenvalue weighted by Gasteiger charge is 2.16. The maximum absolute atomic E-state index is 5.26. The molecule has 1 N–H and O–H groups in total. The second kappa shape index (κ2) is 6.37. The molecule has 0 aromatic rings. The van der Waals surface area contributed by atoms with Crippen molar-refractivity contribution in [2.24, 2.45) is 0 Å². The Balaban J connectivity index is 1.70. The van der Waals surface area contributed by atoms with E-state index in [4.69, 9.17) is 14.2 Å². The Morgan fingerprint density at radius 1 is 1.33 bits per heavy atom. The predicted octanol–water partition coefficient (Wildman–Crippen LogP) is -0.362. The predicted molar refractivity (Wildman–Crippen MR) is 45.3 cm³/mol. The quantitative estimate of drug-likeness (QED) is 0.536. The van der Waals surface area contributed by atoms with E-state index in [1.807, 2.05) is 0 Å². The van der Waals surface area contributed by atoms with Crippen LogP contribution in [0.2, 0.25) is 0 Å².